The Morgan fingerprint density at radius 2 is 2.22 bits per heavy atom. The Labute approximate surface area is 117 Å². The van der Waals surface area contributed by atoms with Crippen LogP contribution in [0.3, 0.4) is 0 Å². The Hall–Kier alpha value is -1.03. The van der Waals surface area contributed by atoms with Crippen molar-refractivity contribution < 1.29 is 4.74 Å². The lowest BCUT2D eigenvalue weighted by Gasteiger charge is -2.18. The third-order valence-corrected chi connectivity index (χ3v) is 3.99. The number of hydrogen-bond donors (Lipinski definition) is 1. The van der Waals surface area contributed by atoms with E-state index in [1.807, 2.05) is 18.2 Å². The van der Waals surface area contributed by atoms with Crippen molar-refractivity contribution in [2.24, 2.45) is 0 Å². The van der Waals surface area contributed by atoms with Crippen LogP contribution in [0.15, 0.2) is 35.7 Å². The molecule has 1 atom stereocenters. The third-order valence-electron chi connectivity index (χ3n) is 2.74. The molecule has 96 valence electrons. The molecule has 0 aliphatic heterocycles. The van der Waals surface area contributed by atoms with Crippen molar-refractivity contribution in [3.05, 3.63) is 51.2 Å². The van der Waals surface area contributed by atoms with Gasteiger partial charge in [0.1, 0.15) is 5.75 Å². The van der Waals surface area contributed by atoms with E-state index in [4.69, 9.17) is 16.3 Å². The van der Waals surface area contributed by atoms with Crippen LogP contribution < -0.4 is 10.1 Å². The number of ether oxygens (including phenoxy) is 1. The molecule has 2 aromatic rings. The van der Waals surface area contributed by atoms with Crippen LogP contribution in [-0.2, 0) is 0 Å². The predicted molar refractivity (Wildman–Crippen MR) is 77.8 cm³/mol. The average Bonchev–Trinajstić information content (AvgIpc) is 2.90. The molecular weight excluding hydrogens is 266 g/mol. The first-order chi connectivity index (χ1) is 8.76. The van der Waals surface area contributed by atoms with Gasteiger partial charge in [-0.2, -0.15) is 0 Å². The standard InChI is InChI=1S/C14H16ClNOS/c1-3-16-14(13-5-4-8-18-13)10-6-7-11(15)12(9-10)17-2/h4-9,14,16H,3H2,1-2H3. The van der Waals surface area contributed by atoms with Gasteiger partial charge in [0, 0.05) is 4.88 Å². The largest absolute Gasteiger partial charge is 0.495 e. The van der Waals surface area contributed by atoms with Gasteiger partial charge in [0.2, 0.25) is 0 Å². The van der Waals surface area contributed by atoms with Crippen molar-refractivity contribution in [1.29, 1.82) is 0 Å². The van der Waals surface area contributed by atoms with Crippen LogP contribution in [0, 0.1) is 0 Å². The highest BCUT2D eigenvalue weighted by Crippen LogP contribution is 2.32. The molecule has 18 heavy (non-hydrogen) atoms. The van der Waals surface area contributed by atoms with Crippen LogP contribution in [0.1, 0.15) is 23.4 Å². The highest BCUT2D eigenvalue weighted by molar-refractivity contribution is 7.10. The van der Waals surface area contributed by atoms with Crippen molar-refractivity contribution in [2.75, 3.05) is 13.7 Å². The second-order valence-electron chi connectivity index (χ2n) is 3.90. The van der Waals surface area contributed by atoms with Gasteiger partial charge in [-0.3, -0.25) is 0 Å². The Morgan fingerprint density at radius 1 is 1.39 bits per heavy atom. The molecule has 1 aromatic carbocycles. The first-order valence-corrected chi connectivity index (χ1v) is 7.12. The SMILES string of the molecule is CCNC(c1ccc(Cl)c(OC)c1)c1cccs1. The minimum Gasteiger partial charge on any atom is -0.495 e. The molecule has 1 N–H and O–H groups in total. The second-order valence-corrected chi connectivity index (χ2v) is 5.29. The van der Waals surface area contributed by atoms with Gasteiger partial charge in [0.15, 0.2) is 0 Å². The molecule has 2 rings (SSSR count). The summed E-state index contributed by atoms with van der Waals surface area (Å²) >= 11 is 7.81. The van der Waals surface area contributed by atoms with Gasteiger partial charge >= 0.3 is 0 Å². The maximum Gasteiger partial charge on any atom is 0.137 e. The maximum atomic E-state index is 6.06. The van der Waals surface area contributed by atoms with E-state index in [0.29, 0.717) is 10.8 Å². The van der Waals surface area contributed by atoms with Gasteiger partial charge in [-0.15, -0.1) is 11.3 Å². The fourth-order valence-electron chi connectivity index (χ4n) is 1.90. The van der Waals surface area contributed by atoms with E-state index in [2.05, 4.69) is 29.8 Å². The van der Waals surface area contributed by atoms with Crippen LogP contribution in [0.5, 0.6) is 5.75 Å². The molecule has 0 aliphatic rings. The van der Waals surface area contributed by atoms with Gasteiger partial charge in [0.05, 0.1) is 18.2 Å². The van der Waals surface area contributed by atoms with Crippen molar-refractivity contribution in [3.8, 4) is 5.75 Å². The lowest BCUT2D eigenvalue weighted by molar-refractivity contribution is 0.414. The Bertz CT molecular complexity index is 499. The van der Waals surface area contributed by atoms with Gasteiger partial charge in [0.25, 0.3) is 0 Å². The molecule has 0 bridgehead atoms. The second kappa shape index (κ2) is 6.23. The number of hydrogen-bond acceptors (Lipinski definition) is 3. The molecule has 2 nitrogen and oxygen atoms in total. The van der Waals surface area contributed by atoms with Gasteiger partial charge < -0.3 is 10.1 Å². The maximum absolute atomic E-state index is 6.06. The summed E-state index contributed by atoms with van der Waals surface area (Å²) in [7, 11) is 1.64. The minimum atomic E-state index is 0.196. The lowest BCUT2D eigenvalue weighted by atomic mass is 10.0. The molecule has 0 fully saturated rings. The van der Waals surface area contributed by atoms with E-state index in [1.54, 1.807) is 18.4 Å². The van der Waals surface area contributed by atoms with E-state index >= 15 is 0 Å². The molecule has 0 saturated heterocycles. The summed E-state index contributed by atoms with van der Waals surface area (Å²) in [4.78, 5) is 1.29. The fourth-order valence-corrected chi connectivity index (χ4v) is 2.92. The zero-order chi connectivity index (χ0) is 13.0. The molecular formula is C14H16ClNOS. The van der Waals surface area contributed by atoms with Crippen LogP contribution in [0.2, 0.25) is 5.02 Å². The summed E-state index contributed by atoms with van der Waals surface area (Å²) < 4.78 is 5.27. The monoisotopic (exact) mass is 281 g/mol. The number of nitrogens with one attached hydrogen (secondary N) is 1. The van der Waals surface area contributed by atoms with Crippen molar-refractivity contribution in [3.63, 3.8) is 0 Å². The van der Waals surface area contributed by atoms with Crippen LogP contribution in [-0.4, -0.2) is 13.7 Å². The minimum absolute atomic E-state index is 0.196. The van der Waals surface area contributed by atoms with Crippen LogP contribution in [0.25, 0.3) is 0 Å². The van der Waals surface area contributed by atoms with E-state index in [0.717, 1.165) is 6.54 Å². The van der Waals surface area contributed by atoms with Gasteiger partial charge in [-0.1, -0.05) is 30.7 Å². The van der Waals surface area contributed by atoms with E-state index in [9.17, 15) is 0 Å². The molecule has 0 spiro atoms. The molecule has 0 aliphatic carbocycles. The summed E-state index contributed by atoms with van der Waals surface area (Å²) in [5.41, 5.74) is 1.17. The number of thiophene rings is 1. The Morgan fingerprint density at radius 3 is 2.83 bits per heavy atom. The summed E-state index contributed by atoms with van der Waals surface area (Å²) in [6.07, 6.45) is 0. The topological polar surface area (TPSA) is 21.3 Å². The van der Waals surface area contributed by atoms with Crippen LogP contribution in [0.4, 0.5) is 0 Å². The van der Waals surface area contributed by atoms with E-state index in [1.165, 1.54) is 10.4 Å². The number of halogens is 1. The molecule has 0 amide bonds. The summed E-state index contributed by atoms with van der Waals surface area (Å²) in [6.45, 7) is 3.02. The third kappa shape index (κ3) is 2.86. The smallest absolute Gasteiger partial charge is 0.137 e. The normalized spacial score (nSPS) is 12.4. The Kier molecular flexibility index (Phi) is 4.64. The highest BCUT2D eigenvalue weighted by atomic mass is 35.5. The van der Waals surface area contributed by atoms with E-state index in [-0.39, 0.29) is 6.04 Å². The molecule has 1 aromatic heterocycles. The van der Waals surface area contributed by atoms with Crippen molar-refractivity contribution >= 4 is 22.9 Å². The van der Waals surface area contributed by atoms with Gasteiger partial charge in [-0.25, -0.2) is 0 Å². The zero-order valence-corrected chi connectivity index (χ0v) is 12.0. The number of benzene rings is 1. The first-order valence-electron chi connectivity index (χ1n) is 5.86. The summed E-state index contributed by atoms with van der Waals surface area (Å²) in [6, 6.07) is 10.3. The predicted octanol–water partition coefficient (Wildman–Crippen LogP) is 4.11. The van der Waals surface area contributed by atoms with E-state index < -0.39 is 0 Å². The lowest BCUT2D eigenvalue weighted by Crippen LogP contribution is -2.21. The molecule has 1 heterocycles. The molecule has 0 saturated carbocycles. The summed E-state index contributed by atoms with van der Waals surface area (Å²) in [5, 5.41) is 6.22. The molecule has 1 unspecified atom stereocenters. The Balaban J connectivity index is 2.36. The number of methoxy groups -OCH3 is 1. The zero-order valence-electron chi connectivity index (χ0n) is 10.4. The molecule has 4 heteroatoms. The first kappa shape index (κ1) is 13.4. The van der Waals surface area contributed by atoms with Crippen LogP contribution >= 0.6 is 22.9 Å². The van der Waals surface area contributed by atoms with Gasteiger partial charge in [-0.05, 0) is 35.7 Å². The molecule has 0 radical (unpaired) electrons. The highest BCUT2D eigenvalue weighted by Gasteiger charge is 2.15. The number of rotatable bonds is 5. The average molecular weight is 282 g/mol. The fraction of sp³-hybridized carbons (Fsp3) is 0.286. The quantitative estimate of drug-likeness (QED) is 0.890. The van der Waals surface area contributed by atoms with Crippen molar-refractivity contribution in [2.45, 2.75) is 13.0 Å². The summed E-state index contributed by atoms with van der Waals surface area (Å²) in [5.74, 6) is 0.716. The van der Waals surface area contributed by atoms with Crippen molar-refractivity contribution in [1.82, 2.24) is 5.32 Å².